The third-order valence-electron chi connectivity index (χ3n) is 2.66. The van der Waals surface area contributed by atoms with Crippen LogP contribution >= 0.6 is 0 Å². The number of phenols is 2. The molecule has 0 aromatic heterocycles. The van der Waals surface area contributed by atoms with Gasteiger partial charge in [-0.05, 0) is 30.2 Å². The second-order valence-electron chi connectivity index (χ2n) is 3.72. The Morgan fingerprint density at radius 1 is 0.875 bits per heavy atom. The first-order valence-corrected chi connectivity index (χ1v) is 5.32. The normalized spacial score (nSPS) is 10.3. The predicted octanol–water partition coefficient (Wildman–Crippen LogP) is 3.33. The maximum Gasteiger partial charge on any atom is 0.123 e. The lowest BCUT2D eigenvalue weighted by Crippen LogP contribution is -1.84. The monoisotopic (exact) mass is 214 g/mol. The highest BCUT2D eigenvalue weighted by Crippen LogP contribution is 2.35. The van der Waals surface area contributed by atoms with Crippen molar-refractivity contribution in [2.75, 3.05) is 0 Å². The van der Waals surface area contributed by atoms with Gasteiger partial charge in [-0.1, -0.05) is 31.2 Å². The first-order chi connectivity index (χ1) is 7.72. The largest absolute Gasteiger partial charge is 0.507 e. The fraction of sp³-hybridized carbons (Fsp3) is 0.143. The minimum atomic E-state index is 0.186. The van der Waals surface area contributed by atoms with Crippen LogP contribution in [0.4, 0.5) is 0 Å². The minimum absolute atomic E-state index is 0.186. The van der Waals surface area contributed by atoms with Gasteiger partial charge in [0.15, 0.2) is 0 Å². The summed E-state index contributed by atoms with van der Waals surface area (Å²) in [5.74, 6) is 0.379. The van der Waals surface area contributed by atoms with E-state index in [1.807, 2.05) is 18.2 Å². The van der Waals surface area contributed by atoms with Crippen LogP contribution in [0.3, 0.4) is 0 Å². The summed E-state index contributed by atoms with van der Waals surface area (Å²) in [6, 6.07) is 12.5. The molecule has 0 saturated heterocycles. The molecule has 0 unspecified atom stereocenters. The predicted molar refractivity (Wildman–Crippen MR) is 64.6 cm³/mol. The molecule has 2 heteroatoms. The van der Waals surface area contributed by atoms with Crippen LogP contribution in [0.1, 0.15) is 12.5 Å². The first kappa shape index (κ1) is 10.6. The molecule has 2 rings (SSSR count). The SMILES string of the molecule is CCc1ccc(O)c(-c2ccccc2O)c1. The molecule has 16 heavy (non-hydrogen) atoms. The Balaban J connectivity index is 2.59. The fourth-order valence-electron chi connectivity index (χ4n) is 1.72. The standard InChI is InChI=1S/C14H14O2/c1-2-10-7-8-14(16)12(9-10)11-5-3-4-6-13(11)15/h3-9,15-16H,2H2,1H3. The number of aromatic hydroxyl groups is 2. The van der Waals surface area contributed by atoms with E-state index in [2.05, 4.69) is 6.92 Å². The molecule has 0 atom stereocenters. The van der Waals surface area contributed by atoms with Gasteiger partial charge >= 0.3 is 0 Å². The molecule has 0 aliphatic carbocycles. The van der Waals surface area contributed by atoms with Gasteiger partial charge in [0.25, 0.3) is 0 Å². The number of rotatable bonds is 2. The zero-order chi connectivity index (χ0) is 11.5. The van der Waals surface area contributed by atoms with Crippen LogP contribution in [0.2, 0.25) is 0 Å². The molecule has 2 N–H and O–H groups in total. The van der Waals surface area contributed by atoms with Crippen LogP contribution in [0.5, 0.6) is 11.5 Å². The fourth-order valence-corrected chi connectivity index (χ4v) is 1.72. The van der Waals surface area contributed by atoms with E-state index in [1.165, 1.54) is 0 Å². The van der Waals surface area contributed by atoms with E-state index in [-0.39, 0.29) is 11.5 Å². The molecular formula is C14H14O2. The van der Waals surface area contributed by atoms with Crippen LogP contribution in [0.25, 0.3) is 11.1 Å². The second-order valence-corrected chi connectivity index (χ2v) is 3.72. The Bertz CT molecular complexity index is 504. The third-order valence-corrected chi connectivity index (χ3v) is 2.66. The summed E-state index contributed by atoms with van der Waals surface area (Å²) < 4.78 is 0. The van der Waals surface area contributed by atoms with E-state index in [0.717, 1.165) is 12.0 Å². The quantitative estimate of drug-likeness (QED) is 0.805. The van der Waals surface area contributed by atoms with Crippen molar-refractivity contribution in [1.29, 1.82) is 0 Å². The lowest BCUT2D eigenvalue weighted by atomic mass is 10.0. The van der Waals surface area contributed by atoms with Crippen molar-refractivity contribution < 1.29 is 10.2 Å². The van der Waals surface area contributed by atoms with Gasteiger partial charge in [0, 0.05) is 11.1 Å². The average Bonchev–Trinajstić information content (AvgIpc) is 2.31. The maximum atomic E-state index is 9.80. The van der Waals surface area contributed by atoms with Crippen molar-refractivity contribution in [2.45, 2.75) is 13.3 Å². The molecule has 0 bridgehead atoms. The minimum Gasteiger partial charge on any atom is -0.507 e. The Labute approximate surface area is 94.8 Å². The van der Waals surface area contributed by atoms with Gasteiger partial charge in [0.1, 0.15) is 11.5 Å². The molecule has 2 aromatic carbocycles. The summed E-state index contributed by atoms with van der Waals surface area (Å²) >= 11 is 0. The average molecular weight is 214 g/mol. The number of hydrogen-bond donors (Lipinski definition) is 2. The Kier molecular flexibility index (Phi) is 2.82. The number of para-hydroxylation sites is 1. The lowest BCUT2D eigenvalue weighted by molar-refractivity contribution is 0.469. The van der Waals surface area contributed by atoms with Gasteiger partial charge in [0.2, 0.25) is 0 Å². The maximum absolute atomic E-state index is 9.80. The van der Waals surface area contributed by atoms with Crippen LogP contribution in [-0.2, 0) is 6.42 Å². The van der Waals surface area contributed by atoms with Crippen LogP contribution in [0, 0.1) is 0 Å². The van der Waals surface area contributed by atoms with E-state index in [4.69, 9.17) is 0 Å². The van der Waals surface area contributed by atoms with Crippen molar-refractivity contribution in [1.82, 2.24) is 0 Å². The Hall–Kier alpha value is -1.96. The number of benzene rings is 2. The first-order valence-electron chi connectivity index (χ1n) is 5.32. The smallest absolute Gasteiger partial charge is 0.123 e. The van der Waals surface area contributed by atoms with Crippen molar-refractivity contribution in [2.24, 2.45) is 0 Å². The summed E-state index contributed by atoms with van der Waals surface area (Å²) in [6.07, 6.45) is 0.904. The summed E-state index contributed by atoms with van der Waals surface area (Å²) in [5, 5.41) is 19.5. The van der Waals surface area contributed by atoms with Crippen LogP contribution in [-0.4, -0.2) is 10.2 Å². The van der Waals surface area contributed by atoms with Crippen molar-refractivity contribution in [3.63, 3.8) is 0 Å². The lowest BCUT2D eigenvalue weighted by Gasteiger charge is -2.08. The summed E-state index contributed by atoms with van der Waals surface area (Å²) in [4.78, 5) is 0. The molecule has 0 amide bonds. The number of aryl methyl sites for hydroxylation is 1. The highest BCUT2D eigenvalue weighted by Gasteiger charge is 2.08. The van der Waals surface area contributed by atoms with E-state index in [0.29, 0.717) is 11.1 Å². The molecular weight excluding hydrogens is 200 g/mol. The van der Waals surface area contributed by atoms with Crippen molar-refractivity contribution in [3.05, 3.63) is 48.0 Å². The van der Waals surface area contributed by atoms with Gasteiger partial charge in [-0.2, -0.15) is 0 Å². The summed E-state index contributed by atoms with van der Waals surface area (Å²) in [5.41, 5.74) is 2.48. The summed E-state index contributed by atoms with van der Waals surface area (Å²) in [6.45, 7) is 2.06. The zero-order valence-corrected chi connectivity index (χ0v) is 9.14. The van der Waals surface area contributed by atoms with Gasteiger partial charge in [-0.25, -0.2) is 0 Å². The van der Waals surface area contributed by atoms with E-state index in [1.54, 1.807) is 24.3 Å². The van der Waals surface area contributed by atoms with Gasteiger partial charge in [-0.15, -0.1) is 0 Å². The number of hydrogen-bond acceptors (Lipinski definition) is 2. The van der Waals surface area contributed by atoms with Gasteiger partial charge in [-0.3, -0.25) is 0 Å². The Morgan fingerprint density at radius 3 is 2.25 bits per heavy atom. The molecule has 0 spiro atoms. The summed E-state index contributed by atoms with van der Waals surface area (Å²) in [7, 11) is 0. The molecule has 2 nitrogen and oxygen atoms in total. The molecule has 0 heterocycles. The van der Waals surface area contributed by atoms with Crippen molar-refractivity contribution in [3.8, 4) is 22.6 Å². The second kappa shape index (κ2) is 4.27. The van der Waals surface area contributed by atoms with Gasteiger partial charge < -0.3 is 10.2 Å². The molecule has 0 aliphatic heterocycles. The third kappa shape index (κ3) is 1.87. The van der Waals surface area contributed by atoms with Crippen molar-refractivity contribution >= 4 is 0 Å². The molecule has 2 aromatic rings. The Morgan fingerprint density at radius 2 is 1.56 bits per heavy atom. The van der Waals surface area contributed by atoms with Crippen LogP contribution in [0.15, 0.2) is 42.5 Å². The van der Waals surface area contributed by atoms with E-state index < -0.39 is 0 Å². The van der Waals surface area contributed by atoms with E-state index >= 15 is 0 Å². The highest BCUT2D eigenvalue weighted by atomic mass is 16.3. The van der Waals surface area contributed by atoms with E-state index in [9.17, 15) is 10.2 Å². The topological polar surface area (TPSA) is 40.5 Å². The molecule has 0 radical (unpaired) electrons. The number of phenolic OH excluding ortho intramolecular Hbond substituents is 2. The molecule has 0 aliphatic rings. The molecule has 0 saturated carbocycles. The highest BCUT2D eigenvalue weighted by molar-refractivity contribution is 5.75. The molecule has 82 valence electrons. The zero-order valence-electron chi connectivity index (χ0n) is 9.14. The van der Waals surface area contributed by atoms with Crippen LogP contribution < -0.4 is 0 Å². The molecule has 0 fully saturated rings. The van der Waals surface area contributed by atoms with Gasteiger partial charge in [0.05, 0.1) is 0 Å².